The molecule has 0 radical (unpaired) electrons. The van der Waals surface area contributed by atoms with Gasteiger partial charge >= 0.3 is 0 Å². The van der Waals surface area contributed by atoms with Crippen molar-refractivity contribution in [3.63, 3.8) is 0 Å². The Hall–Kier alpha value is -0.590. The summed E-state index contributed by atoms with van der Waals surface area (Å²) >= 11 is 6.87. The van der Waals surface area contributed by atoms with Crippen molar-refractivity contribution >= 4 is 37.8 Å². The quantitative estimate of drug-likeness (QED) is 0.799. The number of carbonyl (C=O) groups is 1. The first-order chi connectivity index (χ1) is 8.56. The van der Waals surface area contributed by atoms with Gasteiger partial charge in [0.05, 0.1) is 8.95 Å². The van der Waals surface area contributed by atoms with Gasteiger partial charge in [0, 0.05) is 12.6 Å². The summed E-state index contributed by atoms with van der Waals surface area (Å²) in [5, 5.41) is 3.44. The average Bonchev–Trinajstić information content (AvgIpc) is 3.08. The number of rotatable bonds is 6. The van der Waals surface area contributed by atoms with Crippen molar-refractivity contribution in [2.24, 2.45) is 5.73 Å². The molecular formula is C12H14Br2N2O2. The second kappa shape index (κ2) is 6.04. The summed E-state index contributed by atoms with van der Waals surface area (Å²) in [6, 6.07) is 4.64. The molecule has 1 aliphatic rings. The van der Waals surface area contributed by atoms with Crippen LogP contribution in [0.1, 0.15) is 18.4 Å². The van der Waals surface area contributed by atoms with E-state index in [1.54, 1.807) is 0 Å². The van der Waals surface area contributed by atoms with Crippen LogP contribution in [-0.2, 0) is 11.3 Å². The van der Waals surface area contributed by atoms with E-state index in [1.807, 2.05) is 12.1 Å². The molecule has 2 rings (SSSR count). The second-order valence-electron chi connectivity index (χ2n) is 4.30. The molecule has 1 aliphatic carbocycles. The maximum atomic E-state index is 10.7. The van der Waals surface area contributed by atoms with Gasteiger partial charge in [-0.2, -0.15) is 0 Å². The van der Waals surface area contributed by atoms with Gasteiger partial charge in [0.2, 0.25) is 0 Å². The normalized spacial score (nSPS) is 14.6. The highest BCUT2D eigenvalue weighted by Crippen LogP contribution is 2.35. The first kappa shape index (κ1) is 13.8. The number of ether oxygens (including phenoxy) is 1. The fourth-order valence-corrected chi connectivity index (χ4v) is 3.06. The molecule has 0 saturated heterocycles. The molecular weight excluding hydrogens is 364 g/mol. The van der Waals surface area contributed by atoms with Gasteiger partial charge in [-0.1, -0.05) is 0 Å². The van der Waals surface area contributed by atoms with Crippen molar-refractivity contribution in [1.82, 2.24) is 5.32 Å². The summed E-state index contributed by atoms with van der Waals surface area (Å²) in [5.74, 6) is 0.109. The predicted octanol–water partition coefficient (Wildman–Crippen LogP) is 2.33. The Balaban J connectivity index is 2.04. The van der Waals surface area contributed by atoms with Gasteiger partial charge in [-0.05, 0) is 62.4 Å². The Kier molecular flexibility index (Phi) is 4.64. The summed E-state index contributed by atoms with van der Waals surface area (Å²) in [5.41, 5.74) is 6.21. The zero-order chi connectivity index (χ0) is 13.1. The van der Waals surface area contributed by atoms with Crippen molar-refractivity contribution in [2.45, 2.75) is 25.4 Å². The molecule has 0 aliphatic heterocycles. The van der Waals surface area contributed by atoms with Crippen LogP contribution in [0.2, 0.25) is 0 Å². The number of primary amides is 1. The Morgan fingerprint density at radius 2 is 2.00 bits per heavy atom. The summed E-state index contributed by atoms with van der Waals surface area (Å²) < 4.78 is 6.95. The molecule has 1 aromatic rings. The number of hydrogen-bond acceptors (Lipinski definition) is 3. The smallest absolute Gasteiger partial charge is 0.255 e. The zero-order valence-corrected chi connectivity index (χ0v) is 12.9. The lowest BCUT2D eigenvalue weighted by Gasteiger charge is -2.11. The molecule has 0 unspecified atom stereocenters. The van der Waals surface area contributed by atoms with Gasteiger partial charge in [0.25, 0.3) is 5.91 Å². The van der Waals surface area contributed by atoms with Gasteiger partial charge in [-0.15, -0.1) is 0 Å². The molecule has 0 heterocycles. The average molecular weight is 378 g/mol. The van der Waals surface area contributed by atoms with Crippen molar-refractivity contribution < 1.29 is 9.53 Å². The van der Waals surface area contributed by atoms with Crippen LogP contribution >= 0.6 is 31.9 Å². The van der Waals surface area contributed by atoms with Crippen LogP contribution in [0.3, 0.4) is 0 Å². The van der Waals surface area contributed by atoms with E-state index in [0.717, 1.165) is 21.1 Å². The van der Waals surface area contributed by atoms with Crippen LogP contribution in [-0.4, -0.2) is 18.6 Å². The van der Waals surface area contributed by atoms with Gasteiger partial charge in [-0.3, -0.25) is 4.79 Å². The number of amides is 1. The second-order valence-corrected chi connectivity index (χ2v) is 6.01. The van der Waals surface area contributed by atoms with Crippen LogP contribution in [0.25, 0.3) is 0 Å². The number of halogens is 2. The standard InChI is InChI=1S/C12H14Br2N2O2/c13-9-3-7(5-16-8-1-2-8)4-10(14)12(9)18-6-11(15)17/h3-4,8,16H,1-2,5-6H2,(H2,15,17). The Labute approximate surface area is 123 Å². The lowest BCUT2D eigenvalue weighted by molar-refractivity contribution is -0.119. The third-order valence-electron chi connectivity index (χ3n) is 2.59. The van der Waals surface area contributed by atoms with Crippen molar-refractivity contribution in [3.8, 4) is 5.75 Å². The summed E-state index contributed by atoms with van der Waals surface area (Å²) in [6.45, 7) is 0.703. The van der Waals surface area contributed by atoms with Crippen molar-refractivity contribution in [1.29, 1.82) is 0 Å². The first-order valence-electron chi connectivity index (χ1n) is 5.68. The lowest BCUT2D eigenvalue weighted by Crippen LogP contribution is -2.20. The minimum atomic E-state index is -0.492. The molecule has 1 amide bonds. The van der Waals surface area contributed by atoms with E-state index in [0.29, 0.717) is 11.8 Å². The summed E-state index contributed by atoms with van der Waals surface area (Å²) in [6.07, 6.45) is 2.53. The van der Waals surface area contributed by atoms with Crippen molar-refractivity contribution in [3.05, 3.63) is 26.6 Å². The molecule has 0 aromatic heterocycles. The summed E-state index contributed by atoms with van der Waals surface area (Å²) in [7, 11) is 0. The van der Waals surface area contributed by atoms with Crippen LogP contribution in [0.15, 0.2) is 21.1 Å². The number of carbonyl (C=O) groups excluding carboxylic acids is 1. The van der Waals surface area contributed by atoms with E-state index in [1.165, 1.54) is 12.8 Å². The Bertz CT molecular complexity index is 438. The number of nitrogens with one attached hydrogen (secondary N) is 1. The highest BCUT2D eigenvalue weighted by molar-refractivity contribution is 9.11. The van der Waals surface area contributed by atoms with Crippen LogP contribution in [0.4, 0.5) is 0 Å². The molecule has 3 N–H and O–H groups in total. The fourth-order valence-electron chi connectivity index (χ4n) is 1.55. The highest BCUT2D eigenvalue weighted by atomic mass is 79.9. The van der Waals surface area contributed by atoms with Crippen LogP contribution in [0.5, 0.6) is 5.75 Å². The van der Waals surface area contributed by atoms with E-state index in [9.17, 15) is 4.79 Å². The maximum Gasteiger partial charge on any atom is 0.255 e. The van der Waals surface area contributed by atoms with Gasteiger partial charge < -0.3 is 15.8 Å². The van der Waals surface area contributed by atoms with Gasteiger partial charge in [0.15, 0.2) is 6.61 Å². The monoisotopic (exact) mass is 376 g/mol. The molecule has 0 spiro atoms. The topological polar surface area (TPSA) is 64.4 Å². The SMILES string of the molecule is NC(=O)COc1c(Br)cc(CNC2CC2)cc1Br. The summed E-state index contributed by atoms with van der Waals surface area (Å²) in [4.78, 5) is 10.7. The molecule has 1 fully saturated rings. The first-order valence-corrected chi connectivity index (χ1v) is 7.27. The van der Waals surface area contributed by atoms with E-state index < -0.39 is 5.91 Å². The maximum absolute atomic E-state index is 10.7. The molecule has 0 bridgehead atoms. The van der Waals surface area contributed by atoms with Crippen LogP contribution in [0, 0.1) is 0 Å². The number of benzene rings is 1. The largest absolute Gasteiger partial charge is 0.481 e. The van der Waals surface area contributed by atoms with Crippen molar-refractivity contribution in [2.75, 3.05) is 6.61 Å². The molecule has 0 atom stereocenters. The minimum Gasteiger partial charge on any atom is -0.481 e. The molecule has 1 saturated carbocycles. The molecule has 4 nitrogen and oxygen atoms in total. The van der Waals surface area contributed by atoms with E-state index >= 15 is 0 Å². The van der Waals surface area contributed by atoms with E-state index in [2.05, 4.69) is 37.2 Å². The number of nitrogens with two attached hydrogens (primary N) is 1. The Morgan fingerprint density at radius 3 is 2.50 bits per heavy atom. The van der Waals surface area contributed by atoms with Crippen LogP contribution < -0.4 is 15.8 Å². The predicted molar refractivity (Wildman–Crippen MR) is 76.4 cm³/mol. The third kappa shape index (κ3) is 3.96. The lowest BCUT2D eigenvalue weighted by atomic mass is 10.2. The number of hydrogen-bond donors (Lipinski definition) is 2. The van der Waals surface area contributed by atoms with E-state index in [4.69, 9.17) is 10.5 Å². The van der Waals surface area contributed by atoms with E-state index in [-0.39, 0.29) is 6.61 Å². The van der Waals surface area contributed by atoms with Gasteiger partial charge in [0.1, 0.15) is 5.75 Å². The molecule has 18 heavy (non-hydrogen) atoms. The minimum absolute atomic E-state index is 0.128. The Morgan fingerprint density at radius 1 is 1.39 bits per heavy atom. The highest BCUT2D eigenvalue weighted by Gasteiger charge is 2.20. The fraction of sp³-hybridized carbons (Fsp3) is 0.417. The molecule has 1 aromatic carbocycles. The molecule has 6 heteroatoms. The van der Waals surface area contributed by atoms with Gasteiger partial charge in [-0.25, -0.2) is 0 Å². The third-order valence-corrected chi connectivity index (χ3v) is 3.77. The molecule has 98 valence electrons. The zero-order valence-electron chi connectivity index (χ0n) is 9.71.